The Balaban J connectivity index is 2.17. The van der Waals surface area contributed by atoms with E-state index in [9.17, 15) is 13.2 Å². The van der Waals surface area contributed by atoms with Crippen molar-refractivity contribution >= 4 is 16.0 Å². The van der Waals surface area contributed by atoms with Crippen LogP contribution in [0.5, 0.6) is 0 Å². The van der Waals surface area contributed by atoms with Gasteiger partial charge in [-0.3, -0.25) is 9.48 Å². The van der Waals surface area contributed by atoms with Crippen molar-refractivity contribution in [3.8, 4) is 0 Å². The molecule has 2 atom stereocenters. The van der Waals surface area contributed by atoms with E-state index in [1.165, 1.54) is 12.4 Å². The van der Waals surface area contributed by atoms with E-state index in [4.69, 9.17) is 9.84 Å². The Kier molecular flexibility index (Phi) is 4.64. The largest absolute Gasteiger partial charge is 0.480 e. The number of aromatic nitrogens is 2. The lowest BCUT2D eigenvalue weighted by molar-refractivity contribution is -0.140. The number of aliphatic carboxylic acids is 1. The summed E-state index contributed by atoms with van der Waals surface area (Å²) in [6.07, 6.45) is 3.40. The summed E-state index contributed by atoms with van der Waals surface area (Å²) in [6, 6.07) is -1.15. The van der Waals surface area contributed by atoms with Gasteiger partial charge < -0.3 is 9.84 Å². The van der Waals surface area contributed by atoms with Gasteiger partial charge in [0.25, 0.3) is 0 Å². The average Bonchev–Trinajstić information content (AvgIpc) is 3.05. The van der Waals surface area contributed by atoms with Gasteiger partial charge in [-0.05, 0) is 12.3 Å². The zero-order valence-electron chi connectivity index (χ0n) is 11.9. The maximum absolute atomic E-state index is 12.2. The fourth-order valence-corrected chi connectivity index (χ4v) is 3.37. The third-order valence-corrected chi connectivity index (χ3v) is 4.78. The molecule has 2 rings (SSSR count). The summed E-state index contributed by atoms with van der Waals surface area (Å²) >= 11 is 0. The summed E-state index contributed by atoms with van der Waals surface area (Å²) in [5, 5.41) is 13.1. The number of ether oxygens (including phenoxy) is 1. The average molecular weight is 317 g/mol. The van der Waals surface area contributed by atoms with Gasteiger partial charge >= 0.3 is 5.97 Å². The fourth-order valence-electron chi connectivity index (χ4n) is 2.10. The van der Waals surface area contributed by atoms with Gasteiger partial charge in [0.15, 0.2) is 0 Å². The molecule has 1 saturated heterocycles. The van der Waals surface area contributed by atoms with E-state index in [0.29, 0.717) is 13.2 Å². The standard InChI is InChI=1S/C12H19N3O5S/c1-8(2)11(12(16)17)14-21(18,19)10-5-13-15(6-10)9-3-4-20-7-9/h5-6,8-9,11,14H,3-4,7H2,1-2H3,(H,16,17). The molecular formula is C12H19N3O5S. The summed E-state index contributed by atoms with van der Waals surface area (Å²) in [5.74, 6) is -1.57. The second-order valence-corrected chi connectivity index (χ2v) is 7.07. The number of carboxylic acid groups (broad SMARTS) is 1. The summed E-state index contributed by atoms with van der Waals surface area (Å²) in [7, 11) is -3.91. The summed E-state index contributed by atoms with van der Waals surface area (Å²) < 4.78 is 33.4. The van der Waals surface area contributed by atoms with Gasteiger partial charge in [-0.15, -0.1) is 0 Å². The highest BCUT2D eigenvalue weighted by Gasteiger charge is 2.29. The SMILES string of the molecule is CC(C)C(NS(=O)(=O)c1cnn(C2CCOC2)c1)C(=O)O. The van der Waals surface area contributed by atoms with Crippen LogP contribution in [0, 0.1) is 5.92 Å². The first kappa shape index (κ1) is 15.9. The van der Waals surface area contributed by atoms with Gasteiger partial charge in [0.05, 0.1) is 18.8 Å². The van der Waals surface area contributed by atoms with Crippen molar-refractivity contribution in [1.29, 1.82) is 0 Å². The van der Waals surface area contributed by atoms with Gasteiger partial charge in [-0.25, -0.2) is 8.42 Å². The van der Waals surface area contributed by atoms with Crippen molar-refractivity contribution in [1.82, 2.24) is 14.5 Å². The zero-order chi connectivity index (χ0) is 15.6. The van der Waals surface area contributed by atoms with Crippen LogP contribution in [0.2, 0.25) is 0 Å². The quantitative estimate of drug-likeness (QED) is 0.777. The third kappa shape index (κ3) is 3.60. The molecule has 0 saturated carbocycles. The molecule has 0 radical (unpaired) electrons. The number of sulfonamides is 1. The predicted molar refractivity (Wildman–Crippen MR) is 73.3 cm³/mol. The first-order valence-electron chi connectivity index (χ1n) is 6.68. The van der Waals surface area contributed by atoms with Gasteiger partial charge in [0, 0.05) is 12.8 Å². The van der Waals surface area contributed by atoms with E-state index in [2.05, 4.69) is 9.82 Å². The summed E-state index contributed by atoms with van der Waals surface area (Å²) in [4.78, 5) is 11.1. The maximum Gasteiger partial charge on any atom is 0.322 e. The highest BCUT2D eigenvalue weighted by Crippen LogP contribution is 2.20. The molecule has 0 aliphatic carbocycles. The molecule has 0 spiro atoms. The van der Waals surface area contributed by atoms with Crippen LogP contribution in [0.3, 0.4) is 0 Å². The number of nitrogens with one attached hydrogen (secondary N) is 1. The molecule has 1 fully saturated rings. The number of hydrogen-bond donors (Lipinski definition) is 2. The molecule has 1 aromatic heterocycles. The van der Waals surface area contributed by atoms with Crippen LogP contribution in [-0.2, 0) is 19.6 Å². The van der Waals surface area contributed by atoms with Crippen molar-refractivity contribution in [3.05, 3.63) is 12.4 Å². The minimum absolute atomic E-state index is 0.0225. The predicted octanol–water partition coefficient (Wildman–Crippen LogP) is 0.232. The Hall–Kier alpha value is -1.45. The second-order valence-electron chi connectivity index (χ2n) is 5.35. The van der Waals surface area contributed by atoms with E-state index in [1.807, 2.05) is 0 Å². The monoisotopic (exact) mass is 317 g/mol. The Bertz CT molecular complexity index is 604. The topological polar surface area (TPSA) is 111 Å². The number of rotatable bonds is 6. The first-order valence-corrected chi connectivity index (χ1v) is 8.16. The maximum atomic E-state index is 12.2. The van der Waals surface area contributed by atoms with Crippen molar-refractivity contribution in [3.63, 3.8) is 0 Å². The van der Waals surface area contributed by atoms with Crippen molar-refractivity contribution < 1.29 is 23.1 Å². The van der Waals surface area contributed by atoms with Gasteiger partial charge in [0.1, 0.15) is 10.9 Å². The van der Waals surface area contributed by atoms with Crippen LogP contribution < -0.4 is 4.72 Å². The smallest absolute Gasteiger partial charge is 0.322 e. The zero-order valence-corrected chi connectivity index (χ0v) is 12.7. The molecule has 2 unspecified atom stereocenters. The van der Waals surface area contributed by atoms with E-state index in [1.54, 1.807) is 18.5 Å². The normalized spacial score (nSPS) is 20.8. The molecule has 1 aliphatic rings. The molecule has 8 nitrogen and oxygen atoms in total. The van der Waals surface area contributed by atoms with Crippen molar-refractivity contribution in [2.45, 2.75) is 37.2 Å². The van der Waals surface area contributed by atoms with Crippen LogP contribution in [0.4, 0.5) is 0 Å². The minimum atomic E-state index is -3.91. The Labute approximate surface area is 123 Å². The summed E-state index contributed by atoms with van der Waals surface area (Å²) in [6.45, 7) is 4.40. The van der Waals surface area contributed by atoms with Crippen molar-refractivity contribution in [2.24, 2.45) is 5.92 Å². The molecule has 9 heteroatoms. The molecule has 1 aromatic rings. The Morgan fingerprint density at radius 3 is 2.81 bits per heavy atom. The summed E-state index contributed by atoms with van der Waals surface area (Å²) in [5.41, 5.74) is 0. The number of hydrogen-bond acceptors (Lipinski definition) is 5. The number of carboxylic acids is 1. The molecule has 2 N–H and O–H groups in total. The van der Waals surface area contributed by atoms with E-state index in [0.717, 1.165) is 6.42 Å². The minimum Gasteiger partial charge on any atom is -0.480 e. The van der Waals surface area contributed by atoms with Gasteiger partial charge in [0.2, 0.25) is 10.0 Å². The molecule has 0 bridgehead atoms. The van der Waals surface area contributed by atoms with Crippen LogP contribution in [0.25, 0.3) is 0 Å². The molecule has 21 heavy (non-hydrogen) atoms. The third-order valence-electron chi connectivity index (χ3n) is 3.38. The van der Waals surface area contributed by atoms with Gasteiger partial charge in [-0.1, -0.05) is 13.8 Å². The Morgan fingerprint density at radius 1 is 1.57 bits per heavy atom. The molecule has 0 amide bonds. The number of carbonyl (C=O) groups is 1. The lowest BCUT2D eigenvalue weighted by Crippen LogP contribution is -2.44. The first-order chi connectivity index (χ1) is 9.81. The highest BCUT2D eigenvalue weighted by molar-refractivity contribution is 7.89. The number of nitrogens with zero attached hydrogens (tertiary/aromatic N) is 2. The highest BCUT2D eigenvalue weighted by atomic mass is 32.2. The van der Waals surface area contributed by atoms with Crippen LogP contribution in [0.1, 0.15) is 26.3 Å². The van der Waals surface area contributed by atoms with Crippen molar-refractivity contribution in [2.75, 3.05) is 13.2 Å². The van der Waals surface area contributed by atoms with Crippen LogP contribution >= 0.6 is 0 Å². The molecule has 2 heterocycles. The van der Waals surface area contributed by atoms with E-state index < -0.39 is 22.0 Å². The molecular weight excluding hydrogens is 298 g/mol. The lowest BCUT2D eigenvalue weighted by Gasteiger charge is -2.17. The second kappa shape index (κ2) is 6.12. The van der Waals surface area contributed by atoms with Gasteiger partial charge in [-0.2, -0.15) is 9.82 Å². The lowest BCUT2D eigenvalue weighted by atomic mass is 10.1. The Morgan fingerprint density at radius 2 is 2.29 bits per heavy atom. The molecule has 1 aliphatic heterocycles. The van der Waals surface area contributed by atoms with E-state index >= 15 is 0 Å². The van der Waals surface area contributed by atoms with E-state index in [-0.39, 0.29) is 16.9 Å². The fraction of sp³-hybridized carbons (Fsp3) is 0.667. The molecule has 118 valence electrons. The van der Waals surface area contributed by atoms with Crippen LogP contribution in [0.15, 0.2) is 17.3 Å². The van der Waals surface area contributed by atoms with Crippen LogP contribution in [-0.4, -0.2) is 48.5 Å². The molecule has 0 aromatic carbocycles.